The molecule has 4 heteroatoms. The maximum absolute atomic E-state index is 4.76. The molecule has 1 N–H and O–H groups in total. The molecular formula is C11H18Cl3N. The van der Waals surface area contributed by atoms with Crippen LogP contribution >= 0.6 is 35.6 Å². The zero-order valence-corrected chi connectivity index (χ0v) is 11.4. The molecule has 88 valence electrons. The molecule has 0 saturated heterocycles. The Morgan fingerprint density at radius 2 is 1.67 bits per heavy atom. The van der Waals surface area contributed by atoms with Gasteiger partial charge in [-0.1, -0.05) is 30.3 Å². The molecule has 1 aromatic rings. The first-order chi connectivity index (χ1) is 6.74. The summed E-state index contributed by atoms with van der Waals surface area (Å²) >= 11 is 9.53. The first-order valence-electron chi connectivity index (χ1n) is 4.57. The number of hydrogen-bond donors (Lipinski definition) is 1. The lowest BCUT2D eigenvalue weighted by molar-refractivity contribution is 0.608. The van der Waals surface area contributed by atoms with Crippen molar-refractivity contribution in [3.8, 4) is 0 Å². The molecular weight excluding hydrogens is 252 g/mol. The van der Waals surface area contributed by atoms with Crippen LogP contribution in [-0.2, 0) is 6.42 Å². The van der Waals surface area contributed by atoms with Gasteiger partial charge in [0, 0.05) is 6.04 Å². The number of halogens is 3. The van der Waals surface area contributed by atoms with Crippen LogP contribution in [-0.4, -0.2) is 18.4 Å². The lowest BCUT2D eigenvalue weighted by atomic mass is 10.1. The maximum atomic E-state index is 4.76. The van der Waals surface area contributed by atoms with Gasteiger partial charge in [-0.3, -0.25) is 0 Å². The van der Waals surface area contributed by atoms with E-state index in [1.54, 1.807) is 0 Å². The van der Waals surface area contributed by atoms with Crippen LogP contribution in [0.5, 0.6) is 0 Å². The fraction of sp³-hybridized carbons (Fsp3) is 0.455. The first-order valence-corrected chi connectivity index (χ1v) is 5.64. The van der Waals surface area contributed by atoms with Gasteiger partial charge in [0.2, 0.25) is 0 Å². The third-order valence-corrected chi connectivity index (χ3v) is 1.88. The van der Waals surface area contributed by atoms with Gasteiger partial charge in [0.15, 0.2) is 0 Å². The summed E-state index contributed by atoms with van der Waals surface area (Å²) in [6.07, 6.45) is 1.11. The van der Waals surface area contributed by atoms with Crippen LogP contribution in [0.2, 0.25) is 0 Å². The van der Waals surface area contributed by atoms with Gasteiger partial charge in [0.25, 0.3) is 0 Å². The molecule has 15 heavy (non-hydrogen) atoms. The van der Waals surface area contributed by atoms with Crippen molar-refractivity contribution in [1.82, 2.24) is 5.32 Å². The Morgan fingerprint density at radius 3 is 2.07 bits per heavy atom. The monoisotopic (exact) mass is 269 g/mol. The summed E-state index contributed by atoms with van der Waals surface area (Å²) in [4.78, 5) is 0. The Bertz CT molecular complexity index is 216. The standard InChI is InChI=1S/C10H15N.CH2Cl2.ClH/c1-9(11-2)8-10-6-4-3-5-7-10;2-1-3;/h3-7,9,11H,8H2,1-2H3;1H2;1H/t9-;;/m0../s1. The predicted molar refractivity (Wildman–Crippen MR) is 72.5 cm³/mol. The van der Waals surface area contributed by atoms with Crippen molar-refractivity contribution < 1.29 is 0 Å². The number of alkyl halides is 2. The van der Waals surface area contributed by atoms with Gasteiger partial charge in [-0.05, 0) is 26.0 Å². The van der Waals surface area contributed by atoms with Gasteiger partial charge >= 0.3 is 0 Å². The highest BCUT2D eigenvalue weighted by Crippen LogP contribution is 2.01. The predicted octanol–water partition coefficient (Wildman–Crippen LogP) is 3.68. The van der Waals surface area contributed by atoms with Crippen molar-refractivity contribution >= 4 is 35.6 Å². The molecule has 0 saturated carbocycles. The van der Waals surface area contributed by atoms with E-state index < -0.39 is 0 Å². The number of benzene rings is 1. The minimum absolute atomic E-state index is 0. The quantitative estimate of drug-likeness (QED) is 0.826. The fourth-order valence-corrected chi connectivity index (χ4v) is 1.07. The number of nitrogens with one attached hydrogen (secondary N) is 1. The van der Waals surface area contributed by atoms with Gasteiger partial charge in [-0.15, -0.1) is 35.6 Å². The van der Waals surface area contributed by atoms with Crippen molar-refractivity contribution in [2.24, 2.45) is 0 Å². The molecule has 0 aliphatic rings. The minimum Gasteiger partial charge on any atom is -0.317 e. The molecule has 1 nitrogen and oxygen atoms in total. The summed E-state index contributed by atoms with van der Waals surface area (Å²) in [7, 11) is 1.99. The summed E-state index contributed by atoms with van der Waals surface area (Å²) < 4.78 is 0. The highest BCUT2D eigenvalue weighted by atomic mass is 35.5. The Labute approximate surface area is 109 Å². The van der Waals surface area contributed by atoms with E-state index in [4.69, 9.17) is 23.2 Å². The van der Waals surface area contributed by atoms with Gasteiger partial charge in [-0.2, -0.15) is 0 Å². The molecule has 0 bridgehead atoms. The van der Waals surface area contributed by atoms with Gasteiger partial charge in [-0.25, -0.2) is 0 Å². The smallest absolute Gasteiger partial charge is 0.0967 e. The Hall–Kier alpha value is 0.0500. The van der Waals surface area contributed by atoms with E-state index in [1.807, 2.05) is 13.1 Å². The lowest BCUT2D eigenvalue weighted by Crippen LogP contribution is -2.23. The SMILES string of the molecule is CN[C@@H](C)Cc1ccccc1.Cl.ClCCl. The highest BCUT2D eigenvalue weighted by Gasteiger charge is 1.97. The summed E-state index contributed by atoms with van der Waals surface area (Å²) in [6.45, 7) is 2.19. The second kappa shape index (κ2) is 12.1. The third kappa shape index (κ3) is 10.3. The van der Waals surface area contributed by atoms with Crippen LogP contribution in [0.25, 0.3) is 0 Å². The van der Waals surface area contributed by atoms with Crippen molar-refractivity contribution in [2.75, 3.05) is 12.4 Å². The molecule has 0 heterocycles. The van der Waals surface area contributed by atoms with Crippen LogP contribution in [0.15, 0.2) is 30.3 Å². The van der Waals surface area contributed by atoms with E-state index in [2.05, 4.69) is 36.5 Å². The third-order valence-electron chi connectivity index (χ3n) is 1.88. The number of likely N-dealkylation sites (N-methyl/N-ethyl adjacent to an activating group) is 1. The summed E-state index contributed by atoms with van der Waals surface area (Å²) in [6, 6.07) is 11.1. The average Bonchev–Trinajstić information content (AvgIpc) is 2.20. The van der Waals surface area contributed by atoms with Gasteiger partial charge < -0.3 is 5.32 Å². The highest BCUT2D eigenvalue weighted by molar-refractivity contribution is 6.40. The van der Waals surface area contributed by atoms with E-state index in [1.165, 1.54) is 5.56 Å². The molecule has 0 amide bonds. The van der Waals surface area contributed by atoms with Gasteiger partial charge in [0.05, 0.1) is 5.34 Å². The minimum atomic E-state index is 0. The second-order valence-electron chi connectivity index (χ2n) is 2.98. The first kappa shape index (κ1) is 17.4. The molecule has 0 unspecified atom stereocenters. The van der Waals surface area contributed by atoms with Crippen LogP contribution in [0, 0.1) is 0 Å². The molecule has 1 rings (SSSR count). The van der Waals surface area contributed by atoms with Crippen molar-refractivity contribution in [3.63, 3.8) is 0 Å². The molecule has 1 atom stereocenters. The zero-order chi connectivity index (χ0) is 10.8. The number of hydrogen-bond acceptors (Lipinski definition) is 1. The molecule has 0 radical (unpaired) electrons. The van der Waals surface area contributed by atoms with Crippen molar-refractivity contribution in [2.45, 2.75) is 19.4 Å². The van der Waals surface area contributed by atoms with Crippen molar-refractivity contribution in [3.05, 3.63) is 35.9 Å². The molecule has 0 spiro atoms. The molecule has 0 aromatic heterocycles. The lowest BCUT2D eigenvalue weighted by Gasteiger charge is -2.08. The molecule has 0 aliphatic heterocycles. The maximum Gasteiger partial charge on any atom is 0.0967 e. The van der Waals surface area contributed by atoms with Gasteiger partial charge in [0.1, 0.15) is 0 Å². The Morgan fingerprint density at radius 1 is 1.20 bits per heavy atom. The summed E-state index contributed by atoms with van der Waals surface area (Å²) in [5, 5.41) is 3.41. The van der Waals surface area contributed by atoms with Crippen LogP contribution < -0.4 is 5.32 Å². The van der Waals surface area contributed by atoms with E-state index in [0.717, 1.165) is 6.42 Å². The fourth-order valence-electron chi connectivity index (χ4n) is 1.07. The zero-order valence-electron chi connectivity index (χ0n) is 9.04. The average molecular weight is 271 g/mol. The normalized spacial score (nSPS) is 10.7. The van der Waals surface area contributed by atoms with Crippen LogP contribution in [0.3, 0.4) is 0 Å². The van der Waals surface area contributed by atoms with Crippen molar-refractivity contribution in [1.29, 1.82) is 0 Å². The van der Waals surface area contributed by atoms with E-state index >= 15 is 0 Å². The molecule has 1 aromatic carbocycles. The van der Waals surface area contributed by atoms with Crippen LogP contribution in [0.4, 0.5) is 0 Å². The summed E-state index contributed by atoms with van der Waals surface area (Å²) in [5.74, 6) is 0. The topological polar surface area (TPSA) is 12.0 Å². The van der Waals surface area contributed by atoms with E-state index in [0.29, 0.717) is 6.04 Å². The van der Waals surface area contributed by atoms with E-state index in [9.17, 15) is 0 Å². The Kier molecular flexibility index (Phi) is 14.1. The van der Waals surface area contributed by atoms with Crippen LogP contribution in [0.1, 0.15) is 12.5 Å². The Balaban J connectivity index is 0. The summed E-state index contributed by atoms with van der Waals surface area (Å²) in [5.41, 5.74) is 1.40. The largest absolute Gasteiger partial charge is 0.317 e. The molecule has 0 aliphatic carbocycles. The second-order valence-corrected chi connectivity index (χ2v) is 3.79. The molecule has 0 fully saturated rings. The number of rotatable bonds is 3. The van der Waals surface area contributed by atoms with E-state index in [-0.39, 0.29) is 17.7 Å².